The van der Waals surface area contributed by atoms with Gasteiger partial charge in [0, 0.05) is 19.3 Å². The molecule has 0 bridgehead atoms. The molecule has 8 heteroatoms. The molecule has 0 radical (unpaired) electrons. The topological polar surface area (TPSA) is 62.3 Å². The predicted molar refractivity (Wildman–Crippen MR) is 89.0 cm³/mol. The molecule has 0 unspecified atom stereocenters. The summed E-state index contributed by atoms with van der Waals surface area (Å²) >= 11 is 5.72. The highest BCUT2D eigenvalue weighted by Crippen LogP contribution is 2.40. The first-order valence-corrected chi connectivity index (χ1v) is 9.16. The molecule has 1 N–H and O–H groups in total. The second-order valence-corrected chi connectivity index (χ2v) is 8.30. The van der Waals surface area contributed by atoms with E-state index in [-0.39, 0.29) is 17.3 Å². The molecule has 0 aliphatic carbocycles. The zero-order valence-electron chi connectivity index (χ0n) is 12.3. The molecule has 0 saturated carbocycles. The predicted octanol–water partition coefficient (Wildman–Crippen LogP) is 2.31. The molecule has 0 aromatic carbocycles. The minimum atomic E-state index is -3.44. The van der Waals surface area contributed by atoms with E-state index in [0.717, 1.165) is 38.8 Å². The Morgan fingerprint density at radius 3 is 2.32 bits per heavy atom. The van der Waals surface area contributed by atoms with Gasteiger partial charge in [0.1, 0.15) is 10.0 Å². The van der Waals surface area contributed by atoms with Crippen molar-refractivity contribution in [3.05, 3.63) is 23.5 Å². The van der Waals surface area contributed by atoms with Crippen LogP contribution in [0.4, 0.5) is 0 Å². The standard InChI is InChI=1S/C14H20ClN3O2S.ClH/c15-13-2-1-12(11-17-13)21(19,20)18-9-5-14(6-10-18)3-7-16-8-4-14;/h1-2,11,16H,3-10H2;1H. The summed E-state index contributed by atoms with van der Waals surface area (Å²) in [4.78, 5) is 4.10. The number of hydrogen-bond acceptors (Lipinski definition) is 4. The number of rotatable bonds is 2. The third kappa shape index (κ3) is 3.57. The summed E-state index contributed by atoms with van der Waals surface area (Å²) in [6.07, 6.45) is 5.56. The zero-order chi connectivity index (χ0) is 14.9. The van der Waals surface area contributed by atoms with Gasteiger partial charge in [0.2, 0.25) is 10.0 Å². The van der Waals surface area contributed by atoms with E-state index in [1.54, 1.807) is 4.31 Å². The lowest BCUT2D eigenvalue weighted by Gasteiger charge is -2.43. The van der Waals surface area contributed by atoms with E-state index in [1.807, 2.05) is 0 Å². The number of nitrogens with one attached hydrogen (secondary N) is 1. The van der Waals surface area contributed by atoms with Crippen LogP contribution < -0.4 is 5.32 Å². The fourth-order valence-corrected chi connectivity index (χ4v) is 4.82. The van der Waals surface area contributed by atoms with Crippen molar-refractivity contribution >= 4 is 34.0 Å². The van der Waals surface area contributed by atoms with Crippen LogP contribution in [-0.2, 0) is 10.0 Å². The van der Waals surface area contributed by atoms with Gasteiger partial charge in [-0.1, -0.05) is 11.6 Å². The monoisotopic (exact) mass is 365 g/mol. The Morgan fingerprint density at radius 1 is 1.14 bits per heavy atom. The SMILES string of the molecule is Cl.O=S(=O)(c1ccc(Cl)nc1)N1CCC2(CCNCC2)CC1. The second kappa shape index (κ2) is 7.01. The van der Waals surface area contributed by atoms with Crippen molar-refractivity contribution in [2.75, 3.05) is 26.2 Å². The van der Waals surface area contributed by atoms with Crippen LogP contribution in [-0.4, -0.2) is 43.9 Å². The fourth-order valence-electron chi connectivity index (χ4n) is 3.32. The highest BCUT2D eigenvalue weighted by Gasteiger charge is 2.39. The Bertz CT molecular complexity index is 591. The number of hydrogen-bond donors (Lipinski definition) is 1. The Morgan fingerprint density at radius 2 is 1.77 bits per heavy atom. The van der Waals surface area contributed by atoms with Crippen molar-refractivity contribution in [2.45, 2.75) is 30.6 Å². The highest BCUT2D eigenvalue weighted by atomic mass is 35.5. The first kappa shape index (κ1) is 17.9. The second-order valence-electron chi connectivity index (χ2n) is 5.97. The molecule has 2 aliphatic rings. The largest absolute Gasteiger partial charge is 0.317 e. The molecule has 2 fully saturated rings. The molecule has 1 spiro atoms. The van der Waals surface area contributed by atoms with Crippen molar-refractivity contribution in [3.8, 4) is 0 Å². The average Bonchev–Trinajstić information content (AvgIpc) is 2.49. The van der Waals surface area contributed by atoms with Gasteiger partial charge in [0.25, 0.3) is 0 Å². The zero-order valence-corrected chi connectivity index (χ0v) is 14.7. The summed E-state index contributed by atoms with van der Waals surface area (Å²) in [5.74, 6) is 0. The van der Waals surface area contributed by atoms with E-state index >= 15 is 0 Å². The van der Waals surface area contributed by atoms with Gasteiger partial charge < -0.3 is 5.32 Å². The fraction of sp³-hybridized carbons (Fsp3) is 0.643. The number of pyridine rings is 1. The van der Waals surface area contributed by atoms with Gasteiger partial charge in [-0.05, 0) is 56.3 Å². The van der Waals surface area contributed by atoms with Crippen LogP contribution in [0, 0.1) is 5.41 Å². The van der Waals surface area contributed by atoms with Gasteiger partial charge in [-0.15, -0.1) is 12.4 Å². The summed E-state index contributed by atoms with van der Waals surface area (Å²) in [7, 11) is -3.44. The number of sulfonamides is 1. The van der Waals surface area contributed by atoms with Crippen LogP contribution in [0.5, 0.6) is 0 Å². The van der Waals surface area contributed by atoms with Gasteiger partial charge in [-0.25, -0.2) is 13.4 Å². The Balaban J connectivity index is 0.00000176. The Labute approximate surface area is 142 Å². The van der Waals surface area contributed by atoms with Crippen LogP contribution >= 0.6 is 24.0 Å². The first-order chi connectivity index (χ1) is 10.0. The molecule has 0 atom stereocenters. The normalized spacial score (nSPS) is 22.2. The maximum Gasteiger partial charge on any atom is 0.244 e. The first-order valence-electron chi connectivity index (χ1n) is 7.34. The van der Waals surface area contributed by atoms with Crippen LogP contribution in [0.3, 0.4) is 0 Å². The summed E-state index contributed by atoms with van der Waals surface area (Å²) in [6.45, 7) is 3.30. The summed E-state index contributed by atoms with van der Waals surface area (Å²) in [6, 6.07) is 3.05. The van der Waals surface area contributed by atoms with E-state index in [9.17, 15) is 8.42 Å². The van der Waals surface area contributed by atoms with Crippen LogP contribution in [0.2, 0.25) is 5.15 Å². The van der Waals surface area contributed by atoms with Crippen molar-refractivity contribution in [3.63, 3.8) is 0 Å². The van der Waals surface area contributed by atoms with Crippen LogP contribution in [0.25, 0.3) is 0 Å². The van der Waals surface area contributed by atoms with E-state index < -0.39 is 10.0 Å². The van der Waals surface area contributed by atoms with Crippen molar-refractivity contribution in [1.29, 1.82) is 0 Å². The molecular weight excluding hydrogens is 345 g/mol. The average molecular weight is 366 g/mol. The molecule has 2 aliphatic heterocycles. The van der Waals surface area contributed by atoms with Gasteiger partial charge in [0.05, 0.1) is 0 Å². The lowest BCUT2D eigenvalue weighted by Crippen LogP contribution is -2.47. The lowest BCUT2D eigenvalue weighted by molar-refractivity contribution is 0.110. The van der Waals surface area contributed by atoms with Crippen molar-refractivity contribution in [1.82, 2.24) is 14.6 Å². The molecule has 2 saturated heterocycles. The lowest BCUT2D eigenvalue weighted by atomic mass is 9.72. The molecule has 3 rings (SSSR count). The molecular formula is C14H21Cl2N3O2S. The van der Waals surface area contributed by atoms with Gasteiger partial charge >= 0.3 is 0 Å². The van der Waals surface area contributed by atoms with Gasteiger partial charge in [-0.2, -0.15) is 4.31 Å². The maximum absolute atomic E-state index is 12.6. The molecule has 1 aromatic heterocycles. The molecule has 5 nitrogen and oxygen atoms in total. The van der Waals surface area contributed by atoms with E-state index in [1.165, 1.54) is 18.3 Å². The molecule has 0 amide bonds. The smallest absolute Gasteiger partial charge is 0.244 e. The summed E-state index contributed by atoms with van der Waals surface area (Å²) in [5.41, 5.74) is 0.343. The quantitative estimate of drug-likeness (QED) is 0.816. The van der Waals surface area contributed by atoms with E-state index in [2.05, 4.69) is 10.3 Å². The molecule has 124 valence electrons. The Hall–Kier alpha value is -0.400. The number of halogens is 2. The van der Waals surface area contributed by atoms with Crippen LogP contribution in [0.15, 0.2) is 23.2 Å². The number of nitrogens with zero attached hydrogens (tertiary/aromatic N) is 2. The molecule has 3 heterocycles. The van der Waals surface area contributed by atoms with E-state index in [4.69, 9.17) is 11.6 Å². The van der Waals surface area contributed by atoms with E-state index in [0.29, 0.717) is 23.7 Å². The third-order valence-electron chi connectivity index (χ3n) is 4.79. The third-order valence-corrected chi connectivity index (χ3v) is 6.89. The van der Waals surface area contributed by atoms with Crippen molar-refractivity contribution in [2.24, 2.45) is 5.41 Å². The molecule has 1 aromatic rings. The summed E-state index contributed by atoms with van der Waals surface area (Å²) in [5, 5.41) is 3.68. The highest BCUT2D eigenvalue weighted by molar-refractivity contribution is 7.89. The Kier molecular flexibility index (Phi) is 5.72. The van der Waals surface area contributed by atoms with Gasteiger partial charge in [-0.3, -0.25) is 0 Å². The van der Waals surface area contributed by atoms with Gasteiger partial charge in [0.15, 0.2) is 0 Å². The minimum absolute atomic E-state index is 0. The number of aromatic nitrogens is 1. The van der Waals surface area contributed by atoms with Crippen molar-refractivity contribution < 1.29 is 8.42 Å². The number of piperidine rings is 2. The molecule has 22 heavy (non-hydrogen) atoms. The minimum Gasteiger partial charge on any atom is -0.317 e. The maximum atomic E-state index is 12.6. The summed E-state index contributed by atoms with van der Waals surface area (Å²) < 4.78 is 26.8. The van der Waals surface area contributed by atoms with Crippen LogP contribution in [0.1, 0.15) is 25.7 Å².